The molecule has 2 rings (SSSR count). The normalized spacial score (nSPS) is 11.6. The van der Waals surface area contributed by atoms with E-state index in [1.54, 1.807) is 6.07 Å². The molecule has 1 aromatic heterocycles. The topological polar surface area (TPSA) is 89.4 Å². The number of nitrogens with one attached hydrogen (secondary N) is 2. The zero-order valence-corrected chi connectivity index (χ0v) is 15.5. The van der Waals surface area contributed by atoms with Crippen LogP contribution in [0.5, 0.6) is 0 Å². The number of nitrogens with zero attached hydrogens (tertiary/aromatic N) is 1. The van der Waals surface area contributed by atoms with Gasteiger partial charge in [-0.25, -0.2) is 9.59 Å². The van der Waals surface area contributed by atoms with Gasteiger partial charge in [0.05, 0.1) is 5.56 Å². The zero-order valence-electron chi connectivity index (χ0n) is 15.5. The smallest absolute Gasteiger partial charge is 0.340 e. The van der Waals surface area contributed by atoms with Gasteiger partial charge in [-0.2, -0.15) is 0 Å². The first-order valence-electron chi connectivity index (χ1n) is 8.24. The Morgan fingerprint density at radius 2 is 1.69 bits per heavy atom. The summed E-state index contributed by atoms with van der Waals surface area (Å²) in [6.07, 6.45) is -1.10. The minimum Gasteiger partial charge on any atom is -0.449 e. The third-order valence-corrected chi connectivity index (χ3v) is 4.06. The van der Waals surface area contributed by atoms with E-state index in [4.69, 9.17) is 4.74 Å². The third kappa shape index (κ3) is 4.11. The van der Waals surface area contributed by atoms with E-state index in [-0.39, 0.29) is 0 Å². The molecule has 0 saturated carbocycles. The van der Waals surface area contributed by atoms with E-state index in [1.165, 1.54) is 14.0 Å². The van der Waals surface area contributed by atoms with E-state index in [0.717, 1.165) is 22.6 Å². The van der Waals surface area contributed by atoms with Gasteiger partial charge in [-0.3, -0.25) is 10.1 Å². The molecule has 138 valence electrons. The Balaban J connectivity index is 2.20. The molecule has 7 nitrogen and oxygen atoms in total. The predicted molar refractivity (Wildman–Crippen MR) is 97.5 cm³/mol. The fourth-order valence-electron chi connectivity index (χ4n) is 2.61. The Labute approximate surface area is 152 Å². The third-order valence-electron chi connectivity index (χ3n) is 4.06. The second-order valence-electron chi connectivity index (χ2n) is 6.07. The van der Waals surface area contributed by atoms with Crippen LogP contribution in [-0.2, 0) is 9.53 Å². The van der Waals surface area contributed by atoms with E-state index in [1.807, 2.05) is 49.6 Å². The first-order valence-corrected chi connectivity index (χ1v) is 8.24. The van der Waals surface area contributed by atoms with Crippen LogP contribution in [0.15, 0.2) is 30.3 Å². The van der Waals surface area contributed by atoms with E-state index in [2.05, 4.69) is 10.6 Å². The molecule has 3 amide bonds. The van der Waals surface area contributed by atoms with Crippen molar-refractivity contribution in [2.75, 3.05) is 7.05 Å². The van der Waals surface area contributed by atoms with Crippen molar-refractivity contribution in [3.05, 3.63) is 52.8 Å². The highest BCUT2D eigenvalue weighted by atomic mass is 16.5. The second-order valence-corrected chi connectivity index (χ2v) is 6.07. The fourth-order valence-corrected chi connectivity index (χ4v) is 2.61. The number of urea groups is 1. The van der Waals surface area contributed by atoms with Crippen molar-refractivity contribution in [3.63, 3.8) is 0 Å². The van der Waals surface area contributed by atoms with Crippen LogP contribution in [0.25, 0.3) is 5.69 Å². The Bertz CT molecular complexity index is 837. The number of hydrogen-bond acceptors (Lipinski definition) is 4. The van der Waals surface area contributed by atoms with E-state index in [9.17, 15) is 14.4 Å². The van der Waals surface area contributed by atoms with Gasteiger partial charge >= 0.3 is 12.0 Å². The molecule has 7 heteroatoms. The van der Waals surface area contributed by atoms with Crippen LogP contribution in [0.3, 0.4) is 0 Å². The molecular weight excluding hydrogens is 334 g/mol. The first-order chi connectivity index (χ1) is 12.2. The number of ether oxygens (including phenoxy) is 1. The van der Waals surface area contributed by atoms with E-state index >= 15 is 0 Å². The highest BCUT2D eigenvalue weighted by Gasteiger charge is 2.23. The molecule has 0 fully saturated rings. The highest BCUT2D eigenvalue weighted by molar-refractivity contribution is 5.98. The van der Waals surface area contributed by atoms with E-state index < -0.39 is 24.0 Å². The molecular formula is C19H23N3O4. The van der Waals surface area contributed by atoms with Gasteiger partial charge in [0.2, 0.25) is 0 Å². The molecule has 0 radical (unpaired) electrons. The zero-order chi connectivity index (χ0) is 19.4. The summed E-state index contributed by atoms with van der Waals surface area (Å²) in [5.74, 6) is -1.30. The van der Waals surface area contributed by atoms with Crippen molar-refractivity contribution >= 4 is 17.9 Å². The molecule has 0 bridgehead atoms. The second kappa shape index (κ2) is 7.86. The number of esters is 1. The minimum atomic E-state index is -1.10. The molecule has 1 atom stereocenters. The largest absolute Gasteiger partial charge is 0.449 e. The molecule has 0 spiro atoms. The Kier molecular flexibility index (Phi) is 5.82. The van der Waals surface area contributed by atoms with Crippen molar-refractivity contribution in [1.29, 1.82) is 0 Å². The lowest BCUT2D eigenvalue weighted by atomic mass is 10.2. The number of amides is 3. The first kappa shape index (κ1) is 19.2. The summed E-state index contributed by atoms with van der Waals surface area (Å²) >= 11 is 0. The summed E-state index contributed by atoms with van der Waals surface area (Å²) in [4.78, 5) is 35.5. The van der Waals surface area contributed by atoms with Crippen LogP contribution in [0.4, 0.5) is 4.79 Å². The van der Waals surface area contributed by atoms with Crippen LogP contribution < -0.4 is 10.6 Å². The van der Waals surface area contributed by atoms with Gasteiger partial charge in [-0.15, -0.1) is 0 Å². The monoisotopic (exact) mass is 357 g/mol. The van der Waals surface area contributed by atoms with Crippen LogP contribution in [0, 0.1) is 20.8 Å². The van der Waals surface area contributed by atoms with Gasteiger partial charge in [-0.05, 0) is 45.9 Å². The van der Waals surface area contributed by atoms with Gasteiger partial charge in [0.15, 0.2) is 6.10 Å². The van der Waals surface area contributed by atoms with Crippen molar-refractivity contribution in [3.8, 4) is 5.69 Å². The number of benzene rings is 1. The standard InChI is InChI=1S/C19H23N3O4/c1-11-6-8-15(9-7-11)22-12(2)10-16(13(22)3)18(24)26-14(4)17(23)21-19(25)20-5/h6-10,14H,1-5H3,(H2,20,21,23,25). The summed E-state index contributed by atoms with van der Waals surface area (Å²) in [6, 6.07) is 9.01. The molecule has 2 N–H and O–H groups in total. The molecule has 0 aliphatic rings. The SMILES string of the molecule is CNC(=O)NC(=O)C(C)OC(=O)c1cc(C)n(-c2ccc(C)cc2)c1C. The molecule has 0 saturated heterocycles. The summed E-state index contributed by atoms with van der Waals surface area (Å²) in [6.45, 7) is 7.13. The minimum absolute atomic E-state index is 0.377. The summed E-state index contributed by atoms with van der Waals surface area (Å²) in [7, 11) is 1.39. The number of aromatic nitrogens is 1. The number of carbonyl (C=O) groups excluding carboxylic acids is 3. The maximum absolute atomic E-state index is 12.5. The number of hydrogen-bond donors (Lipinski definition) is 2. The Morgan fingerprint density at radius 1 is 1.08 bits per heavy atom. The summed E-state index contributed by atoms with van der Waals surface area (Å²) < 4.78 is 7.15. The fraction of sp³-hybridized carbons (Fsp3) is 0.316. The maximum Gasteiger partial charge on any atom is 0.340 e. The number of rotatable bonds is 4. The summed E-state index contributed by atoms with van der Waals surface area (Å²) in [5, 5.41) is 4.34. The maximum atomic E-state index is 12.5. The summed E-state index contributed by atoms with van der Waals surface area (Å²) in [5.41, 5.74) is 4.06. The van der Waals surface area contributed by atoms with Gasteiger partial charge in [0, 0.05) is 24.1 Å². The lowest BCUT2D eigenvalue weighted by Crippen LogP contribution is -2.43. The molecule has 26 heavy (non-hydrogen) atoms. The average Bonchev–Trinajstić information content (AvgIpc) is 2.90. The van der Waals surface area contributed by atoms with Gasteiger partial charge in [0.25, 0.3) is 5.91 Å². The Morgan fingerprint density at radius 3 is 2.27 bits per heavy atom. The van der Waals surface area contributed by atoms with Crippen LogP contribution >= 0.6 is 0 Å². The van der Waals surface area contributed by atoms with Crippen LogP contribution in [0.2, 0.25) is 0 Å². The van der Waals surface area contributed by atoms with Gasteiger partial charge < -0.3 is 14.6 Å². The molecule has 1 aromatic carbocycles. The van der Waals surface area contributed by atoms with Crippen molar-refractivity contribution < 1.29 is 19.1 Å². The van der Waals surface area contributed by atoms with E-state index in [0.29, 0.717) is 5.56 Å². The lowest BCUT2D eigenvalue weighted by molar-refractivity contribution is -0.127. The average molecular weight is 357 g/mol. The molecule has 0 aliphatic heterocycles. The molecule has 1 unspecified atom stereocenters. The number of aryl methyl sites for hydroxylation is 2. The molecule has 0 aliphatic carbocycles. The highest BCUT2D eigenvalue weighted by Crippen LogP contribution is 2.22. The van der Waals surface area contributed by atoms with Gasteiger partial charge in [-0.1, -0.05) is 17.7 Å². The predicted octanol–water partition coefficient (Wildman–Crippen LogP) is 2.40. The van der Waals surface area contributed by atoms with Gasteiger partial charge in [0.1, 0.15) is 0 Å². The number of carbonyl (C=O) groups is 3. The Hall–Kier alpha value is -3.09. The lowest BCUT2D eigenvalue weighted by Gasteiger charge is -2.13. The quantitative estimate of drug-likeness (QED) is 0.822. The van der Waals surface area contributed by atoms with Crippen molar-refractivity contribution in [2.45, 2.75) is 33.8 Å². The van der Waals surface area contributed by atoms with Crippen molar-refractivity contribution in [1.82, 2.24) is 15.2 Å². The van der Waals surface area contributed by atoms with Crippen LogP contribution in [-0.4, -0.2) is 35.6 Å². The molecule has 2 aromatic rings. The number of imide groups is 1. The van der Waals surface area contributed by atoms with Crippen molar-refractivity contribution in [2.24, 2.45) is 0 Å². The van der Waals surface area contributed by atoms with Crippen LogP contribution in [0.1, 0.15) is 34.2 Å². The molecule has 1 heterocycles.